The molecule has 1 fully saturated rings. The molecule has 3 rings (SSSR count). The Kier molecular flexibility index (Phi) is 6.26. The summed E-state index contributed by atoms with van der Waals surface area (Å²) in [6.45, 7) is 2.14. The minimum Gasteiger partial charge on any atom is -0.493 e. The molecule has 0 aliphatic carbocycles. The van der Waals surface area contributed by atoms with Crippen molar-refractivity contribution < 1.29 is 23.5 Å². The highest BCUT2D eigenvalue weighted by Gasteiger charge is 2.35. The van der Waals surface area contributed by atoms with Crippen molar-refractivity contribution in [3.05, 3.63) is 63.3 Å². The molecule has 8 heteroatoms. The van der Waals surface area contributed by atoms with Gasteiger partial charge in [-0.3, -0.25) is 14.5 Å². The van der Waals surface area contributed by atoms with Crippen LogP contribution in [0.15, 0.2) is 41.3 Å². The average molecular weight is 422 g/mol. The van der Waals surface area contributed by atoms with Crippen molar-refractivity contribution in [3.8, 4) is 11.5 Å². The molecule has 0 N–H and O–H groups in total. The van der Waals surface area contributed by atoms with E-state index in [1.165, 1.54) is 25.3 Å². The molecule has 2 aromatic carbocycles. The molecule has 1 aliphatic heterocycles. The molecule has 1 saturated heterocycles. The maximum Gasteiger partial charge on any atom is 0.293 e. The number of hydrogen-bond acceptors (Lipinski definition) is 5. The Bertz CT molecular complexity index is 943. The molecule has 5 nitrogen and oxygen atoms in total. The number of imide groups is 1. The van der Waals surface area contributed by atoms with Crippen molar-refractivity contribution in [2.24, 2.45) is 0 Å². The van der Waals surface area contributed by atoms with Gasteiger partial charge in [-0.25, -0.2) is 4.39 Å². The SMILES string of the molecule is CCOc1ccc(/C=C2/SC(=O)N(Cc3c(F)cccc3Cl)C2=O)cc1OC. The van der Waals surface area contributed by atoms with Crippen LogP contribution in [0, 0.1) is 5.82 Å². The van der Waals surface area contributed by atoms with Crippen molar-refractivity contribution in [1.29, 1.82) is 0 Å². The van der Waals surface area contributed by atoms with E-state index in [0.29, 0.717) is 23.7 Å². The Labute approximate surface area is 171 Å². The predicted octanol–water partition coefficient (Wildman–Crippen LogP) is 5.12. The van der Waals surface area contributed by atoms with Crippen LogP contribution in [0.4, 0.5) is 9.18 Å². The Balaban J connectivity index is 1.85. The number of rotatable bonds is 6. The van der Waals surface area contributed by atoms with E-state index in [4.69, 9.17) is 21.1 Å². The second-order valence-electron chi connectivity index (χ2n) is 5.81. The summed E-state index contributed by atoms with van der Waals surface area (Å²) >= 11 is 6.80. The Morgan fingerprint density at radius 1 is 1.21 bits per heavy atom. The van der Waals surface area contributed by atoms with E-state index >= 15 is 0 Å². The molecule has 1 heterocycles. The van der Waals surface area contributed by atoms with Gasteiger partial charge in [-0.2, -0.15) is 0 Å². The first-order chi connectivity index (χ1) is 13.4. The van der Waals surface area contributed by atoms with Gasteiger partial charge in [0.2, 0.25) is 0 Å². The highest BCUT2D eigenvalue weighted by Crippen LogP contribution is 2.36. The van der Waals surface area contributed by atoms with Crippen molar-refractivity contribution in [2.45, 2.75) is 13.5 Å². The van der Waals surface area contributed by atoms with Gasteiger partial charge >= 0.3 is 0 Å². The predicted molar refractivity (Wildman–Crippen MR) is 107 cm³/mol. The summed E-state index contributed by atoms with van der Waals surface area (Å²) in [6, 6.07) is 9.43. The van der Waals surface area contributed by atoms with Gasteiger partial charge in [0.1, 0.15) is 5.82 Å². The number of amides is 2. The van der Waals surface area contributed by atoms with Gasteiger partial charge in [0.05, 0.1) is 25.2 Å². The summed E-state index contributed by atoms with van der Waals surface area (Å²) in [5.41, 5.74) is 0.783. The molecule has 0 atom stereocenters. The first-order valence-corrected chi connectivity index (χ1v) is 9.63. The molecule has 2 amide bonds. The minimum absolute atomic E-state index is 0.107. The second-order valence-corrected chi connectivity index (χ2v) is 7.21. The smallest absolute Gasteiger partial charge is 0.293 e. The fourth-order valence-electron chi connectivity index (χ4n) is 2.68. The molecule has 0 saturated carbocycles. The topological polar surface area (TPSA) is 55.8 Å². The van der Waals surface area contributed by atoms with Crippen molar-refractivity contribution in [1.82, 2.24) is 4.90 Å². The Morgan fingerprint density at radius 3 is 2.68 bits per heavy atom. The largest absolute Gasteiger partial charge is 0.493 e. The molecule has 146 valence electrons. The third-order valence-corrected chi connectivity index (χ3v) is 5.30. The van der Waals surface area contributed by atoms with Crippen LogP contribution in [-0.2, 0) is 11.3 Å². The Morgan fingerprint density at radius 2 is 2.00 bits per heavy atom. The lowest BCUT2D eigenvalue weighted by Gasteiger charge is -2.14. The summed E-state index contributed by atoms with van der Waals surface area (Å²) in [5.74, 6) is 0.0476. The lowest BCUT2D eigenvalue weighted by atomic mass is 10.1. The maximum absolute atomic E-state index is 14.0. The third-order valence-electron chi connectivity index (χ3n) is 4.04. The molecule has 28 heavy (non-hydrogen) atoms. The Hall–Kier alpha value is -2.51. The highest BCUT2D eigenvalue weighted by molar-refractivity contribution is 8.18. The number of ether oxygens (including phenoxy) is 2. The standard InChI is InChI=1S/C20H17ClFNO4S/c1-3-27-16-8-7-12(9-17(16)26-2)10-18-19(24)23(20(25)28-18)11-13-14(21)5-4-6-15(13)22/h4-10H,3,11H2,1-2H3/b18-10+. The maximum atomic E-state index is 14.0. The molecule has 1 aliphatic rings. The summed E-state index contributed by atoms with van der Waals surface area (Å²) < 4.78 is 24.8. The average Bonchev–Trinajstić information content (AvgIpc) is 2.93. The van der Waals surface area contributed by atoms with Gasteiger partial charge in [-0.15, -0.1) is 0 Å². The van der Waals surface area contributed by atoms with Gasteiger partial charge in [0, 0.05) is 10.6 Å². The van der Waals surface area contributed by atoms with Crippen molar-refractivity contribution in [3.63, 3.8) is 0 Å². The van der Waals surface area contributed by atoms with Crippen molar-refractivity contribution in [2.75, 3.05) is 13.7 Å². The fraction of sp³-hybridized carbons (Fsp3) is 0.200. The molecular weight excluding hydrogens is 405 g/mol. The van der Waals surface area contributed by atoms with Crippen LogP contribution < -0.4 is 9.47 Å². The molecule has 0 spiro atoms. The first kappa shape index (κ1) is 20.2. The molecular formula is C20H17ClFNO4S. The first-order valence-electron chi connectivity index (χ1n) is 8.43. The van der Waals surface area contributed by atoms with Crippen LogP contribution >= 0.6 is 23.4 Å². The van der Waals surface area contributed by atoms with E-state index in [2.05, 4.69) is 0 Å². The monoisotopic (exact) mass is 421 g/mol. The second kappa shape index (κ2) is 8.67. The molecule has 0 unspecified atom stereocenters. The summed E-state index contributed by atoms with van der Waals surface area (Å²) in [7, 11) is 1.52. The number of thioether (sulfide) groups is 1. The minimum atomic E-state index is -0.563. The highest BCUT2D eigenvalue weighted by atomic mass is 35.5. The molecule has 0 aromatic heterocycles. The van der Waals surface area contributed by atoms with E-state index in [0.717, 1.165) is 16.7 Å². The van der Waals surface area contributed by atoms with Crippen LogP contribution in [0.25, 0.3) is 6.08 Å². The third kappa shape index (κ3) is 4.15. The summed E-state index contributed by atoms with van der Waals surface area (Å²) in [4.78, 5) is 26.2. The lowest BCUT2D eigenvalue weighted by Crippen LogP contribution is -2.28. The summed E-state index contributed by atoms with van der Waals surface area (Å²) in [6.07, 6.45) is 1.59. The van der Waals surface area contributed by atoms with Gasteiger partial charge in [0.25, 0.3) is 11.1 Å². The van der Waals surface area contributed by atoms with Crippen LogP contribution in [-0.4, -0.2) is 29.8 Å². The molecule has 0 radical (unpaired) electrons. The van der Waals surface area contributed by atoms with Crippen molar-refractivity contribution >= 4 is 40.6 Å². The van der Waals surface area contributed by atoms with Crippen LogP contribution in [0.2, 0.25) is 5.02 Å². The van der Waals surface area contributed by atoms with E-state index in [9.17, 15) is 14.0 Å². The number of carbonyl (C=O) groups is 2. The van der Waals surface area contributed by atoms with Gasteiger partial charge < -0.3 is 9.47 Å². The van der Waals surface area contributed by atoms with E-state index < -0.39 is 17.0 Å². The number of benzene rings is 2. The van der Waals surface area contributed by atoms with Gasteiger partial charge in [-0.05, 0) is 54.6 Å². The number of carbonyl (C=O) groups excluding carboxylic acids is 2. The van der Waals surface area contributed by atoms with E-state index in [1.807, 2.05) is 6.92 Å². The number of nitrogens with zero attached hydrogens (tertiary/aromatic N) is 1. The molecule has 0 bridgehead atoms. The van der Waals surface area contributed by atoms with E-state index in [1.54, 1.807) is 24.3 Å². The van der Waals surface area contributed by atoms with Crippen LogP contribution in [0.5, 0.6) is 11.5 Å². The van der Waals surface area contributed by atoms with Crippen LogP contribution in [0.1, 0.15) is 18.1 Å². The zero-order valence-electron chi connectivity index (χ0n) is 15.2. The fourth-order valence-corrected chi connectivity index (χ4v) is 3.74. The van der Waals surface area contributed by atoms with Crippen LogP contribution in [0.3, 0.4) is 0 Å². The number of methoxy groups -OCH3 is 1. The summed E-state index contributed by atoms with van der Waals surface area (Å²) in [5, 5.41) is -0.312. The number of hydrogen-bond donors (Lipinski definition) is 0. The van der Waals surface area contributed by atoms with Gasteiger partial charge in [-0.1, -0.05) is 23.7 Å². The quantitative estimate of drug-likeness (QED) is 0.606. The van der Waals surface area contributed by atoms with Gasteiger partial charge in [0.15, 0.2) is 11.5 Å². The number of halogens is 2. The normalized spacial score (nSPS) is 15.4. The van der Waals surface area contributed by atoms with E-state index in [-0.39, 0.29) is 22.0 Å². The zero-order chi connectivity index (χ0) is 20.3. The molecule has 2 aromatic rings. The zero-order valence-corrected chi connectivity index (χ0v) is 16.8. The lowest BCUT2D eigenvalue weighted by molar-refractivity contribution is -0.123.